The number of fused-ring (bicyclic) bond motifs is 4. The summed E-state index contributed by atoms with van der Waals surface area (Å²) in [6.45, 7) is 5.71. The largest absolute Gasteiger partial charge is 0.463 e. The van der Waals surface area contributed by atoms with Crippen LogP contribution in [0.25, 0.3) is 0 Å². The van der Waals surface area contributed by atoms with E-state index in [2.05, 4.69) is 10.6 Å². The molecule has 1 aromatic rings. The van der Waals surface area contributed by atoms with Crippen molar-refractivity contribution in [3.8, 4) is 5.75 Å². The number of allylic oxidation sites excluding steroid dienone is 2. The van der Waals surface area contributed by atoms with Gasteiger partial charge in [-0.05, 0) is 31.2 Å². The number of primary amides is 1. The zero-order valence-corrected chi connectivity index (χ0v) is 30.2. The molecule has 0 radical (unpaired) electrons. The van der Waals surface area contributed by atoms with Gasteiger partial charge in [-0.15, -0.1) is 0 Å². The van der Waals surface area contributed by atoms with Gasteiger partial charge < -0.3 is 59.2 Å². The Kier molecular flexibility index (Phi) is 10.4. The summed E-state index contributed by atoms with van der Waals surface area (Å²) >= 11 is 0. The minimum absolute atomic E-state index is 0.00353. The Morgan fingerprint density at radius 1 is 0.889 bits per heavy atom. The van der Waals surface area contributed by atoms with Crippen molar-refractivity contribution in [2.45, 2.75) is 83.1 Å². The Bertz CT molecular complexity index is 1840. The molecule has 0 saturated carbocycles. The molecule has 1 aliphatic carbocycles. The highest BCUT2D eigenvalue weighted by Gasteiger charge is 2.72. The van der Waals surface area contributed by atoms with Crippen molar-refractivity contribution in [1.82, 2.24) is 10.2 Å². The summed E-state index contributed by atoms with van der Waals surface area (Å²) in [5.74, 6) is -4.58. The molecule has 0 aromatic heterocycles. The van der Waals surface area contributed by atoms with Crippen LogP contribution in [0.1, 0.15) is 34.6 Å². The number of methoxy groups -OCH3 is 1. The van der Waals surface area contributed by atoms with Gasteiger partial charge in [0, 0.05) is 64.2 Å². The molecule has 9 atom stereocenters. The number of Topliss-reactive ketones (excluding diaryl/α,β-unsaturated/α-hetero) is 2. The highest BCUT2D eigenvalue weighted by molar-refractivity contribution is 6.26. The number of rotatable bonds is 12. The van der Waals surface area contributed by atoms with Crippen molar-refractivity contribution < 1.29 is 71.5 Å². The molecule has 4 heterocycles. The van der Waals surface area contributed by atoms with Crippen LogP contribution < -0.4 is 21.1 Å². The van der Waals surface area contributed by atoms with Crippen molar-refractivity contribution >= 4 is 47.2 Å². The molecule has 6 rings (SSSR count). The average molecular weight is 757 g/mol. The number of esters is 4. The fourth-order valence-corrected chi connectivity index (χ4v) is 7.62. The third-order valence-electron chi connectivity index (χ3n) is 9.75. The van der Waals surface area contributed by atoms with Gasteiger partial charge in [0.05, 0.1) is 23.4 Å². The normalized spacial score (nSPS) is 30.8. The highest BCUT2D eigenvalue weighted by Crippen LogP contribution is 2.55. The number of hydrogen-bond donors (Lipinski definition) is 3. The van der Waals surface area contributed by atoms with Crippen LogP contribution in [-0.2, 0) is 61.9 Å². The van der Waals surface area contributed by atoms with Gasteiger partial charge in [0.1, 0.15) is 25.1 Å². The number of carbonyl (C=O) groups is 7. The van der Waals surface area contributed by atoms with Crippen LogP contribution >= 0.6 is 0 Å². The maximum Gasteiger partial charge on any atom is 0.404 e. The molecule has 5 aliphatic rings. The molecule has 3 saturated heterocycles. The van der Waals surface area contributed by atoms with E-state index >= 15 is 0 Å². The molecule has 1 aromatic carbocycles. The summed E-state index contributed by atoms with van der Waals surface area (Å²) in [6, 6.07) is 5.88. The molecule has 4 aliphatic heterocycles. The Labute approximate surface area is 308 Å². The molecule has 290 valence electrons. The summed E-state index contributed by atoms with van der Waals surface area (Å²) < 4.78 is 44.6. The van der Waals surface area contributed by atoms with Crippen LogP contribution in [0.15, 0.2) is 46.8 Å². The van der Waals surface area contributed by atoms with Crippen molar-refractivity contribution in [1.29, 1.82) is 0 Å². The molecular weight excluding hydrogens is 716 g/mol. The smallest absolute Gasteiger partial charge is 0.404 e. The summed E-state index contributed by atoms with van der Waals surface area (Å²) in [5, 5.41) is 6.34. The van der Waals surface area contributed by atoms with E-state index in [0.29, 0.717) is 12.2 Å². The standard InChI is InChI=1S/C35H40N4O15/c1-14-25(28(45)24-21(12-49-34(36)46)35(47-6)32-22(38-32)11-39(35)26(24)27(14)44)37-19-7-9-20(10-8-19)53-33-31(52-18(5)43)30(51-17(4)42)29(50-16(3)41)23(54-33)13-48-15(2)40/h7-10,21-23,29-33,37-38H,11-13H2,1-6H3,(H2,36,46)/t21-,22+,23-,29-,30-,31-,32+,33-,35-/m1/s1. The molecular formula is C35H40N4O15. The predicted octanol–water partition coefficient (Wildman–Crippen LogP) is -0.0359. The number of anilines is 1. The van der Waals surface area contributed by atoms with Gasteiger partial charge in [0.25, 0.3) is 0 Å². The highest BCUT2D eigenvalue weighted by atomic mass is 16.7. The van der Waals surface area contributed by atoms with Gasteiger partial charge in [0.15, 0.2) is 17.9 Å². The lowest BCUT2D eigenvalue weighted by Crippen LogP contribution is -2.63. The topological polar surface area (TPSA) is 257 Å². The number of benzene rings is 1. The predicted molar refractivity (Wildman–Crippen MR) is 179 cm³/mol. The van der Waals surface area contributed by atoms with E-state index in [1.807, 2.05) is 0 Å². The molecule has 0 spiro atoms. The summed E-state index contributed by atoms with van der Waals surface area (Å²) in [7, 11) is 1.48. The first kappa shape index (κ1) is 38.2. The van der Waals surface area contributed by atoms with Crippen LogP contribution in [-0.4, -0.2) is 122 Å². The van der Waals surface area contributed by atoms with Crippen LogP contribution in [0.2, 0.25) is 0 Å². The first-order valence-electron chi connectivity index (χ1n) is 17.0. The molecule has 0 bridgehead atoms. The lowest BCUT2D eigenvalue weighted by atomic mass is 9.82. The van der Waals surface area contributed by atoms with Gasteiger partial charge in [-0.3, -0.25) is 28.8 Å². The number of nitrogens with two attached hydrogens (primary N) is 1. The minimum atomic E-state index is -1.47. The third kappa shape index (κ3) is 6.96. The van der Waals surface area contributed by atoms with E-state index in [4.69, 9.17) is 43.6 Å². The quantitative estimate of drug-likeness (QED) is 0.109. The van der Waals surface area contributed by atoms with Gasteiger partial charge in [0.2, 0.25) is 24.0 Å². The molecule has 0 unspecified atom stereocenters. The van der Waals surface area contributed by atoms with Gasteiger partial charge in [-0.1, -0.05) is 0 Å². The van der Waals surface area contributed by atoms with Gasteiger partial charge in [-0.2, -0.15) is 0 Å². The van der Waals surface area contributed by atoms with Crippen molar-refractivity contribution in [3.63, 3.8) is 0 Å². The van der Waals surface area contributed by atoms with Crippen molar-refractivity contribution in [2.24, 2.45) is 11.7 Å². The zero-order valence-electron chi connectivity index (χ0n) is 30.2. The van der Waals surface area contributed by atoms with Gasteiger partial charge in [-0.25, -0.2) is 4.79 Å². The van der Waals surface area contributed by atoms with Crippen LogP contribution in [0.3, 0.4) is 0 Å². The Balaban J connectivity index is 1.24. The van der Waals surface area contributed by atoms with E-state index in [9.17, 15) is 33.6 Å². The first-order chi connectivity index (χ1) is 25.6. The molecule has 19 heteroatoms. The van der Waals surface area contributed by atoms with E-state index in [-0.39, 0.29) is 52.8 Å². The first-order valence-corrected chi connectivity index (χ1v) is 17.0. The number of ether oxygens (including phenoxy) is 8. The molecule has 19 nitrogen and oxygen atoms in total. The second kappa shape index (κ2) is 14.7. The number of nitrogens with zero attached hydrogens (tertiary/aromatic N) is 1. The Hall–Kier alpha value is -5.53. The van der Waals surface area contributed by atoms with E-state index < -0.39 is 84.7 Å². The number of amides is 1. The molecule has 3 fully saturated rings. The number of nitrogens with one attached hydrogen (secondary N) is 2. The second-order valence-corrected chi connectivity index (χ2v) is 13.3. The average Bonchev–Trinajstić information content (AvgIpc) is 3.71. The van der Waals surface area contributed by atoms with Crippen molar-refractivity contribution in [3.05, 3.63) is 46.8 Å². The van der Waals surface area contributed by atoms with E-state index in [1.165, 1.54) is 26.2 Å². The Morgan fingerprint density at radius 2 is 1.52 bits per heavy atom. The fourth-order valence-electron chi connectivity index (χ4n) is 7.62. The van der Waals surface area contributed by atoms with Crippen molar-refractivity contribution in [2.75, 3.05) is 32.2 Å². The maximum absolute atomic E-state index is 14.2. The summed E-state index contributed by atoms with van der Waals surface area (Å²) in [5.41, 5.74) is 5.02. The SMILES string of the molecule is CO[C@@]12[C@H](COC(N)=O)C3=C(C(=O)C(C)=C(Nc4ccc(O[C@@H]5O[C@H](COC(C)=O)[C@@H](OC(C)=O)[C@@H](OC(C)=O)[C@H]5OC(C)=O)cc4)C3=O)N1C[C@@H]1N[C@@H]12. The lowest BCUT2D eigenvalue weighted by molar-refractivity contribution is -0.288. The molecule has 54 heavy (non-hydrogen) atoms. The van der Waals surface area contributed by atoms with E-state index in [0.717, 1.165) is 27.7 Å². The maximum atomic E-state index is 14.2. The minimum Gasteiger partial charge on any atom is -0.463 e. The molecule has 1 amide bonds. The Morgan fingerprint density at radius 3 is 2.11 bits per heavy atom. The van der Waals surface area contributed by atoms with Crippen LogP contribution in [0, 0.1) is 5.92 Å². The third-order valence-corrected chi connectivity index (χ3v) is 9.75. The van der Waals surface area contributed by atoms with E-state index in [1.54, 1.807) is 17.0 Å². The number of ketones is 2. The molecule has 4 N–H and O–H groups in total. The van der Waals surface area contributed by atoms with Crippen LogP contribution in [0.5, 0.6) is 5.75 Å². The number of carbonyl (C=O) groups excluding carboxylic acids is 7. The fraction of sp³-hybridized carbons (Fsp3) is 0.514. The zero-order chi connectivity index (χ0) is 39.2. The lowest BCUT2D eigenvalue weighted by Gasteiger charge is -2.43. The van der Waals surface area contributed by atoms with Crippen LogP contribution in [0.4, 0.5) is 10.5 Å². The monoisotopic (exact) mass is 756 g/mol. The summed E-state index contributed by atoms with van der Waals surface area (Å²) in [4.78, 5) is 89.6. The number of hydrogen-bond acceptors (Lipinski definition) is 18. The number of piperazine rings is 1. The second-order valence-electron chi connectivity index (χ2n) is 13.3. The summed E-state index contributed by atoms with van der Waals surface area (Å²) in [6.07, 6.45) is -7.96. The van der Waals surface area contributed by atoms with Gasteiger partial charge >= 0.3 is 30.0 Å².